The molecule has 1 aromatic carbocycles. The second-order valence-electron chi connectivity index (χ2n) is 6.41. The molecular weight excluding hydrogens is 280 g/mol. The van der Waals surface area contributed by atoms with Crippen molar-refractivity contribution in [1.82, 2.24) is 10.6 Å². The van der Waals surface area contributed by atoms with Crippen molar-refractivity contribution in [2.45, 2.75) is 52.4 Å². The Morgan fingerprint density at radius 1 is 1.14 bits per heavy atom. The van der Waals surface area contributed by atoms with Crippen LogP contribution in [0.2, 0.25) is 0 Å². The summed E-state index contributed by atoms with van der Waals surface area (Å²) in [5, 5.41) is 6.13. The van der Waals surface area contributed by atoms with E-state index in [0.29, 0.717) is 19.2 Å². The first-order valence-electron chi connectivity index (χ1n) is 7.57. The maximum atomic E-state index is 11.6. The SMILES string of the molecule is COCC(C)NCc1ccc(CNC(=O)OC(C)(C)C)cc1. The van der Waals surface area contributed by atoms with Crippen LogP contribution in [0.3, 0.4) is 0 Å². The van der Waals surface area contributed by atoms with Gasteiger partial charge in [-0.15, -0.1) is 0 Å². The van der Waals surface area contributed by atoms with Gasteiger partial charge in [0.15, 0.2) is 0 Å². The minimum Gasteiger partial charge on any atom is -0.444 e. The van der Waals surface area contributed by atoms with Crippen LogP contribution in [0.4, 0.5) is 4.79 Å². The summed E-state index contributed by atoms with van der Waals surface area (Å²) in [7, 11) is 1.70. The number of hydrogen-bond acceptors (Lipinski definition) is 4. The summed E-state index contributed by atoms with van der Waals surface area (Å²) in [5.41, 5.74) is 1.77. The van der Waals surface area contributed by atoms with Gasteiger partial charge in [-0.25, -0.2) is 4.79 Å². The average molecular weight is 308 g/mol. The zero-order valence-electron chi connectivity index (χ0n) is 14.2. The van der Waals surface area contributed by atoms with Crippen LogP contribution >= 0.6 is 0 Å². The average Bonchev–Trinajstić information content (AvgIpc) is 2.42. The van der Waals surface area contributed by atoms with Crippen LogP contribution in [0.5, 0.6) is 0 Å². The Morgan fingerprint density at radius 2 is 1.68 bits per heavy atom. The number of amides is 1. The van der Waals surface area contributed by atoms with E-state index in [1.54, 1.807) is 7.11 Å². The minimum absolute atomic E-state index is 0.318. The molecule has 5 heteroatoms. The predicted octanol–water partition coefficient (Wildman–Crippen LogP) is 2.84. The second kappa shape index (κ2) is 8.76. The third-order valence-electron chi connectivity index (χ3n) is 2.93. The zero-order valence-corrected chi connectivity index (χ0v) is 14.2. The van der Waals surface area contributed by atoms with Gasteiger partial charge >= 0.3 is 6.09 Å². The second-order valence-corrected chi connectivity index (χ2v) is 6.41. The van der Waals surface area contributed by atoms with Crippen LogP contribution in [-0.2, 0) is 22.6 Å². The van der Waals surface area contributed by atoms with E-state index in [1.807, 2.05) is 32.9 Å². The molecule has 0 saturated heterocycles. The molecule has 1 unspecified atom stereocenters. The molecule has 5 nitrogen and oxygen atoms in total. The van der Waals surface area contributed by atoms with Crippen molar-refractivity contribution in [1.29, 1.82) is 0 Å². The fraction of sp³-hybridized carbons (Fsp3) is 0.588. The lowest BCUT2D eigenvalue weighted by Gasteiger charge is -2.19. The molecule has 0 spiro atoms. The van der Waals surface area contributed by atoms with E-state index in [1.165, 1.54) is 5.56 Å². The maximum absolute atomic E-state index is 11.6. The van der Waals surface area contributed by atoms with Crippen LogP contribution in [0.25, 0.3) is 0 Å². The van der Waals surface area contributed by atoms with Gasteiger partial charge in [-0.05, 0) is 38.8 Å². The van der Waals surface area contributed by atoms with E-state index in [9.17, 15) is 4.79 Å². The fourth-order valence-electron chi connectivity index (χ4n) is 1.86. The van der Waals surface area contributed by atoms with Crippen LogP contribution in [0.15, 0.2) is 24.3 Å². The van der Waals surface area contributed by atoms with Gasteiger partial charge in [-0.1, -0.05) is 24.3 Å². The summed E-state index contributed by atoms with van der Waals surface area (Å²) >= 11 is 0. The molecule has 22 heavy (non-hydrogen) atoms. The van der Waals surface area contributed by atoms with Crippen LogP contribution < -0.4 is 10.6 Å². The van der Waals surface area contributed by atoms with Crippen molar-refractivity contribution in [3.05, 3.63) is 35.4 Å². The number of carbonyl (C=O) groups excluding carboxylic acids is 1. The molecule has 2 N–H and O–H groups in total. The molecular formula is C17H28N2O3. The van der Waals surface area contributed by atoms with Crippen LogP contribution in [0.1, 0.15) is 38.8 Å². The highest BCUT2D eigenvalue weighted by Crippen LogP contribution is 2.08. The van der Waals surface area contributed by atoms with Crippen LogP contribution in [-0.4, -0.2) is 31.5 Å². The Balaban J connectivity index is 2.37. The van der Waals surface area contributed by atoms with E-state index >= 15 is 0 Å². The molecule has 0 heterocycles. The van der Waals surface area contributed by atoms with Gasteiger partial charge < -0.3 is 20.1 Å². The molecule has 0 aromatic heterocycles. The third kappa shape index (κ3) is 8.00. The van der Waals surface area contributed by atoms with Crippen molar-refractivity contribution in [2.75, 3.05) is 13.7 Å². The first-order chi connectivity index (χ1) is 10.3. The Bertz CT molecular complexity index is 452. The molecule has 1 aromatic rings. The van der Waals surface area contributed by atoms with E-state index in [4.69, 9.17) is 9.47 Å². The number of ether oxygens (including phenoxy) is 2. The number of alkyl carbamates (subject to hydrolysis) is 1. The predicted molar refractivity (Wildman–Crippen MR) is 87.7 cm³/mol. The van der Waals surface area contributed by atoms with Crippen molar-refractivity contribution in [3.8, 4) is 0 Å². The Labute approximate surface area is 133 Å². The number of methoxy groups -OCH3 is 1. The molecule has 0 aliphatic heterocycles. The number of carbonyl (C=O) groups is 1. The zero-order chi connectivity index (χ0) is 16.6. The third-order valence-corrected chi connectivity index (χ3v) is 2.93. The van der Waals surface area contributed by atoms with Crippen molar-refractivity contribution >= 4 is 6.09 Å². The van der Waals surface area contributed by atoms with Crippen molar-refractivity contribution in [2.24, 2.45) is 0 Å². The highest BCUT2D eigenvalue weighted by atomic mass is 16.6. The van der Waals surface area contributed by atoms with Gasteiger partial charge in [0, 0.05) is 26.2 Å². The summed E-state index contributed by atoms with van der Waals surface area (Å²) in [6.45, 7) is 9.57. The number of hydrogen-bond donors (Lipinski definition) is 2. The van der Waals surface area contributed by atoms with Gasteiger partial charge in [0.2, 0.25) is 0 Å². The summed E-state index contributed by atoms with van der Waals surface area (Å²) < 4.78 is 10.3. The van der Waals surface area contributed by atoms with Gasteiger partial charge in [0.05, 0.1) is 6.61 Å². The van der Waals surface area contributed by atoms with E-state index < -0.39 is 11.7 Å². The number of benzene rings is 1. The highest BCUT2D eigenvalue weighted by molar-refractivity contribution is 5.67. The normalized spacial score (nSPS) is 12.8. The Kier molecular flexibility index (Phi) is 7.35. The van der Waals surface area contributed by atoms with Crippen LogP contribution in [0, 0.1) is 0 Å². The minimum atomic E-state index is -0.474. The largest absolute Gasteiger partial charge is 0.444 e. The Morgan fingerprint density at radius 3 is 2.18 bits per heavy atom. The molecule has 1 atom stereocenters. The molecule has 1 amide bonds. The Hall–Kier alpha value is -1.59. The smallest absolute Gasteiger partial charge is 0.407 e. The molecule has 0 aliphatic rings. The molecule has 1 rings (SSSR count). The molecule has 0 fully saturated rings. The monoisotopic (exact) mass is 308 g/mol. The van der Waals surface area contributed by atoms with E-state index in [-0.39, 0.29) is 0 Å². The summed E-state index contributed by atoms with van der Waals surface area (Å²) in [5.74, 6) is 0. The lowest BCUT2D eigenvalue weighted by atomic mass is 10.1. The molecule has 124 valence electrons. The van der Waals surface area contributed by atoms with Gasteiger partial charge in [-0.3, -0.25) is 0 Å². The first-order valence-corrected chi connectivity index (χ1v) is 7.57. The number of nitrogens with one attached hydrogen (secondary N) is 2. The molecule has 0 saturated carbocycles. The van der Waals surface area contributed by atoms with Gasteiger partial charge in [-0.2, -0.15) is 0 Å². The summed E-state index contributed by atoms with van der Waals surface area (Å²) in [6, 6.07) is 8.45. The lowest BCUT2D eigenvalue weighted by molar-refractivity contribution is 0.0523. The highest BCUT2D eigenvalue weighted by Gasteiger charge is 2.15. The lowest BCUT2D eigenvalue weighted by Crippen LogP contribution is -2.32. The maximum Gasteiger partial charge on any atom is 0.407 e. The summed E-state index contributed by atoms with van der Waals surface area (Å²) in [4.78, 5) is 11.6. The molecule has 0 radical (unpaired) electrons. The summed E-state index contributed by atoms with van der Waals surface area (Å²) in [6.07, 6.45) is -0.397. The molecule has 0 bridgehead atoms. The van der Waals surface area contributed by atoms with Crippen molar-refractivity contribution in [3.63, 3.8) is 0 Å². The standard InChI is InChI=1S/C17H28N2O3/c1-13(12-21-5)18-10-14-6-8-15(9-7-14)11-19-16(20)22-17(2,3)4/h6-9,13,18H,10-12H2,1-5H3,(H,19,20). The quantitative estimate of drug-likeness (QED) is 0.813. The van der Waals surface area contributed by atoms with E-state index in [2.05, 4.69) is 29.7 Å². The molecule has 0 aliphatic carbocycles. The topological polar surface area (TPSA) is 59.6 Å². The van der Waals surface area contributed by atoms with Gasteiger partial charge in [0.1, 0.15) is 5.60 Å². The fourth-order valence-corrected chi connectivity index (χ4v) is 1.86. The van der Waals surface area contributed by atoms with Crippen molar-refractivity contribution < 1.29 is 14.3 Å². The van der Waals surface area contributed by atoms with E-state index in [0.717, 1.165) is 12.1 Å². The van der Waals surface area contributed by atoms with Gasteiger partial charge in [0.25, 0.3) is 0 Å². The first kappa shape index (κ1) is 18.5. The number of rotatable bonds is 7.